The van der Waals surface area contributed by atoms with E-state index in [1.54, 1.807) is 23.1 Å². The number of hydrogen-bond acceptors (Lipinski definition) is 4. The van der Waals surface area contributed by atoms with Crippen molar-refractivity contribution in [2.75, 3.05) is 31.1 Å². The van der Waals surface area contributed by atoms with Crippen LogP contribution in [0.1, 0.15) is 22.8 Å². The third-order valence-electron chi connectivity index (χ3n) is 5.00. The molecule has 0 unspecified atom stereocenters. The molecule has 1 amide bonds. The Morgan fingerprint density at radius 1 is 1.11 bits per heavy atom. The number of carbonyl (C=O) groups excluding carboxylic acids is 1. The van der Waals surface area contributed by atoms with Gasteiger partial charge in [-0.3, -0.25) is 0 Å². The molecule has 0 bridgehead atoms. The Balaban J connectivity index is 1.47. The number of nitrogens with zero attached hydrogens (tertiary/aromatic N) is 3. The molecule has 0 saturated heterocycles. The number of aromatic nitrogens is 1. The number of halogens is 2. The van der Waals surface area contributed by atoms with Crippen molar-refractivity contribution in [3.63, 3.8) is 0 Å². The number of carbonyl (C=O) groups is 1. The van der Waals surface area contributed by atoms with Crippen LogP contribution in [0.4, 0.5) is 14.6 Å². The van der Waals surface area contributed by atoms with Gasteiger partial charge in [-0.1, -0.05) is 0 Å². The summed E-state index contributed by atoms with van der Waals surface area (Å²) in [4.78, 5) is 20.8. The summed E-state index contributed by atoms with van der Waals surface area (Å²) in [5, 5.41) is 9.36. The van der Waals surface area contributed by atoms with Crippen molar-refractivity contribution in [1.82, 2.24) is 9.79 Å². The molecule has 1 aromatic heterocycles. The molecule has 2 aliphatic rings. The van der Waals surface area contributed by atoms with E-state index < -0.39 is 5.92 Å². The Kier molecular flexibility index (Phi) is 4.21. The third kappa shape index (κ3) is 3.31. The van der Waals surface area contributed by atoms with E-state index in [1.165, 1.54) is 25.3 Å². The molecule has 1 aromatic carbocycles. The zero-order valence-electron chi connectivity index (χ0n) is 14.8. The molecule has 8 heteroatoms. The van der Waals surface area contributed by atoms with E-state index in [4.69, 9.17) is 0 Å². The van der Waals surface area contributed by atoms with Gasteiger partial charge >= 0.3 is 155 Å². The average Bonchev–Trinajstić information content (AvgIpc) is 3.20. The van der Waals surface area contributed by atoms with Crippen LogP contribution in [-0.4, -0.2) is 54.0 Å². The normalized spacial score (nSPS) is 16.7. The topological polar surface area (TPSA) is 56.7 Å². The molecule has 2 aromatic rings. The Labute approximate surface area is 156 Å². The Bertz CT molecular complexity index is 907. The van der Waals surface area contributed by atoms with Gasteiger partial charge in [-0.15, -0.1) is 0 Å². The van der Waals surface area contributed by atoms with Gasteiger partial charge in [0.2, 0.25) is 0 Å². The minimum absolute atomic E-state index is 0.0585. The van der Waals surface area contributed by atoms with Crippen LogP contribution in [0.3, 0.4) is 0 Å². The molecule has 0 atom stereocenters. The van der Waals surface area contributed by atoms with Crippen molar-refractivity contribution < 1.29 is 18.7 Å². The summed E-state index contributed by atoms with van der Waals surface area (Å²) in [5.74, 6) is -2.67. The van der Waals surface area contributed by atoms with Crippen LogP contribution < -0.4 is 4.90 Å². The molecule has 1 N–H and O–H groups in total. The molecule has 138 valence electrons. The maximum atomic E-state index is 13.8. The second kappa shape index (κ2) is 6.44. The van der Waals surface area contributed by atoms with Gasteiger partial charge in [0, 0.05) is 0 Å². The molecule has 0 aliphatic carbocycles. The van der Waals surface area contributed by atoms with Crippen molar-refractivity contribution in [2.45, 2.75) is 12.8 Å². The second-order valence-electron chi connectivity index (χ2n) is 7.03. The Morgan fingerprint density at radius 2 is 1.78 bits per heavy atom. The number of hydrogen-bond donors (Lipinski definition) is 1. The molecule has 2 aliphatic heterocycles. The number of alkyl halides is 2. The van der Waals surface area contributed by atoms with Crippen LogP contribution >= 0.6 is 0 Å². The predicted molar refractivity (Wildman–Crippen MR) is 98.4 cm³/mol. The minimum atomic E-state index is -3.07. The molecule has 0 radical (unpaired) electrons. The molecule has 4 rings (SSSR count). The van der Waals surface area contributed by atoms with E-state index >= 15 is 0 Å². The van der Waals surface area contributed by atoms with Crippen LogP contribution in [0.2, 0.25) is 0 Å². The van der Waals surface area contributed by atoms with E-state index in [-0.39, 0.29) is 22.7 Å². The van der Waals surface area contributed by atoms with Crippen molar-refractivity contribution in [2.24, 2.45) is 0 Å². The first-order valence-electron chi connectivity index (χ1n) is 8.69. The fourth-order valence-electron chi connectivity index (χ4n) is 3.67. The summed E-state index contributed by atoms with van der Waals surface area (Å²) >= 11 is 0. The van der Waals surface area contributed by atoms with Gasteiger partial charge in [-0.2, -0.15) is 0 Å². The average molecular weight is 369 g/mol. The van der Waals surface area contributed by atoms with Crippen LogP contribution in [0.25, 0.3) is 0 Å². The molecule has 3 heterocycles. The molecular formula is C19H18BF2N3O2. The van der Waals surface area contributed by atoms with E-state index in [9.17, 15) is 18.7 Å². The maximum absolute atomic E-state index is 13.8. The Morgan fingerprint density at radius 3 is 2.37 bits per heavy atom. The number of rotatable bonds is 3. The van der Waals surface area contributed by atoms with Gasteiger partial charge < -0.3 is 0 Å². The number of benzene rings is 1. The zero-order valence-corrected chi connectivity index (χ0v) is 14.8. The standard InChI is InChI=1S/C19H18BF2N3O2/c1-19(21,22)15-5-3-2-4-14(15)18(27)25-10-12-8-24(9-13(12)11-25)17-7-6-16(26)20-23-17/h2-7,26H,8-11H2,1H3. The van der Waals surface area contributed by atoms with Gasteiger partial charge in [-0.25, -0.2) is 0 Å². The summed E-state index contributed by atoms with van der Waals surface area (Å²) in [6, 6.07) is 9.24. The van der Waals surface area contributed by atoms with Crippen molar-refractivity contribution in [3.05, 3.63) is 58.7 Å². The van der Waals surface area contributed by atoms with E-state index in [0.29, 0.717) is 26.2 Å². The van der Waals surface area contributed by atoms with Crippen LogP contribution in [0.5, 0.6) is 5.64 Å². The first kappa shape index (κ1) is 17.6. The number of anilines is 1. The summed E-state index contributed by atoms with van der Waals surface area (Å²) < 4.78 is 27.7. The fraction of sp³-hybridized carbons (Fsp3) is 0.316. The second-order valence-corrected chi connectivity index (χ2v) is 7.03. The van der Waals surface area contributed by atoms with Crippen molar-refractivity contribution in [3.8, 4) is 5.64 Å². The third-order valence-corrected chi connectivity index (χ3v) is 5.00. The van der Waals surface area contributed by atoms with E-state index in [0.717, 1.165) is 23.9 Å². The molecule has 5 nitrogen and oxygen atoms in total. The monoisotopic (exact) mass is 369 g/mol. The number of amides is 1. The quantitative estimate of drug-likeness (QED) is 0.845. The van der Waals surface area contributed by atoms with Crippen LogP contribution in [0, 0.1) is 0 Å². The Hall–Kier alpha value is -2.77. The molecule has 0 saturated carbocycles. The van der Waals surface area contributed by atoms with Crippen molar-refractivity contribution in [1.29, 1.82) is 0 Å². The first-order chi connectivity index (χ1) is 12.8. The summed E-state index contributed by atoms with van der Waals surface area (Å²) in [6.45, 7) is 2.97. The summed E-state index contributed by atoms with van der Waals surface area (Å²) in [5.41, 5.74) is 2.18. The molecule has 0 spiro atoms. The van der Waals surface area contributed by atoms with Gasteiger partial charge in [0.05, 0.1) is 0 Å². The van der Waals surface area contributed by atoms with Crippen molar-refractivity contribution >= 4 is 18.8 Å². The van der Waals surface area contributed by atoms with Gasteiger partial charge in [0.25, 0.3) is 0 Å². The molecule has 0 fully saturated rings. The number of aromatic hydroxyl groups is 1. The van der Waals surface area contributed by atoms with Gasteiger partial charge in [-0.05, 0) is 0 Å². The van der Waals surface area contributed by atoms with Crippen LogP contribution in [-0.2, 0) is 5.92 Å². The zero-order chi connectivity index (χ0) is 19.2. The fourth-order valence-corrected chi connectivity index (χ4v) is 3.67. The predicted octanol–water partition coefficient (Wildman–Crippen LogP) is 2.51. The SMILES string of the molecule is CC(F)(F)c1ccccc1C(=O)N1CC2=C(C1)CN(c1ccc(O)bn1)C2. The van der Waals surface area contributed by atoms with Gasteiger partial charge in [0.15, 0.2) is 0 Å². The molecule has 27 heavy (non-hydrogen) atoms. The molecular weight excluding hydrogens is 351 g/mol. The van der Waals surface area contributed by atoms with E-state index in [2.05, 4.69) is 9.79 Å². The van der Waals surface area contributed by atoms with Crippen LogP contribution in [0.15, 0.2) is 47.5 Å². The summed E-state index contributed by atoms with van der Waals surface area (Å²) in [6.07, 6.45) is 0. The van der Waals surface area contributed by atoms with Gasteiger partial charge in [0.1, 0.15) is 0 Å². The van der Waals surface area contributed by atoms with E-state index in [1.807, 2.05) is 0 Å². The first-order valence-corrected chi connectivity index (χ1v) is 8.69. The summed E-state index contributed by atoms with van der Waals surface area (Å²) in [7, 11) is 1.40.